The number of hydrogen-bond donors (Lipinski definition) is 1. The minimum atomic E-state index is -4.05. The van der Waals surface area contributed by atoms with Crippen LogP contribution in [0.15, 0.2) is 97.1 Å². The first kappa shape index (κ1) is 54.3. The van der Waals surface area contributed by atoms with Gasteiger partial charge in [-0.1, -0.05) is 166 Å². The Hall–Kier alpha value is -3.70. The molecule has 1 N–H and O–H groups in total. The maximum absolute atomic E-state index is 11.7. The molecule has 0 bridgehead atoms. The summed E-state index contributed by atoms with van der Waals surface area (Å²) in [6.07, 6.45) is 3.56. The van der Waals surface area contributed by atoms with Gasteiger partial charge in [0, 0.05) is 31.2 Å². The second-order valence-corrected chi connectivity index (χ2v) is 18.9. The molecule has 4 aromatic carbocycles. The fourth-order valence-corrected chi connectivity index (χ4v) is 6.77. The minimum absolute atomic E-state index is 0.0332. The Balaban J connectivity index is 0.000000415. The van der Waals surface area contributed by atoms with Crippen molar-refractivity contribution < 1.29 is 31.8 Å². The van der Waals surface area contributed by atoms with Gasteiger partial charge in [0.25, 0.3) is 0 Å². The Morgan fingerprint density at radius 2 is 0.867 bits per heavy atom. The average molecular weight is 903 g/mol. The van der Waals surface area contributed by atoms with E-state index < -0.39 is 26.7 Å². The molecule has 2 atom stereocenters. The average Bonchev–Trinajstić information content (AvgIpc) is 3.17. The van der Waals surface area contributed by atoms with Gasteiger partial charge >= 0.3 is 10.3 Å². The van der Waals surface area contributed by atoms with Crippen molar-refractivity contribution >= 4 is 68.2 Å². The van der Waals surface area contributed by atoms with E-state index in [-0.39, 0.29) is 29.1 Å². The molecule has 328 valence electrons. The van der Waals surface area contributed by atoms with E-state index in [0.717, 1.165) is 35.1 Å². The van der Waals surface area contributed by atoms with Gasteiger partial charge in [-0.25, -0.2) is 0 Å². The maximum atomic E-state index is 11.7. The number of aryl methyl sites for hydroxylation is 2. The first-order valence-corrected chi connectivity index (χ1v) is 22.6. The molecule has 0 fully saturated rings. The summed E-state index contributed by atoms with van der Waals surface area (Å²) in [5, 5.41) is 0. The fraction of sp³-hybridized carbons (Fsp3) is 0.417. The van der Waals surface area contributed by atoms with E-state index in [1.54, 1.807) is 52.0 Å². The molecule has 0 aromatic heterocycles. The highest BCUT2D eigenvalue weighted by atomic mass is 35.6. The Labute approximate surface area is 374 Å². The van der Waals surface area contributed by atoms with Gasteiger partial charge in [-0.3, -0.25) is 23.4 Å². The molecular formula is C48H62Cl3NO7S. The lowest BCUT2D eigenvalue weighted by Crippen LogP contribution is -2.31. The molecule has 0 heterocycles. The highest BCUT2D eigenvalue weighted by Gasteiger charge is 2.25. The number of hydrogen-bond acceptors (Lipinski definition) is 7. The topological polar surface area (TPSA) is 124 Å². The molecule has 0 saturated heterocycles. The van der Waals surface area contributed by atoms with Gasteiger partial charge in [0.05, 0.1) is 0 Å². The summed E-state index contributed by atoms with van der Waals surface area (Å²) in [6, 6.07) is 31.2. The predicted molar refractivity (Wildman–Crippen MR) is 248 cm³/mol. The van der Waals surface area contributed by atoms with Gasteiger partial charge < -0.3 is 0 Å². The molecular weight excluding hydrogens is 841 g/mol. The van der Waals surface area contributed by atoms with E-state index in [9.17, 15) is 27.6 Å². The predicted octanol–water partition coefficient (Wildman–Crippen LogP) is 11.4. The molecule has 60 heavy (non-hydrogen) atoms. The third-order valence-corrected chi connectivity index (χ3v) is 10.5. The van der Waals surface area contributed by atoms with Crippen molar-refractivity contribution in [1.82, 2.24) is 4.72 Å². The Bertz CT molecular complexity index is 2030. The van der Waals surface area contributed by atoms with Crippen molar-refractivity contribution in [1.29, 1.82) is 0 Å². The molecule has 0 aliphatic rings. The summed E-state index contributed by atoms with van der Waals surface area (Å²) < 4.78 is 28.5. The third kappa shape index (κ3) is 23.9. The van der Waals surface area contributed by atoms with Gasteiger partial charge in [0.1, 0.15) is 29.7 Å². The SMILES string of the molecule is CC(=O)Cc1ccc(C(C)C)cc1.CC(=O)Cc1ccc(C(C)NS(=O)(=O)OCC(Cl)(Cl)Cl)cc1.CCc1ccc(C(C)C(C)=O)cc1.CCc1ccc(CC(C)=O)cc1. The van der Waals surface area contributed by atoms with Crippen molar-refractivity contribution in [3.63, 3.8) is 0 Å². The minimum Gasteiger partial charge on any atom is -0.300 e. The first-order chi connectivity index (χ1) is 27.9. The molecule has 4 aromatic rings. The van der Waals surface area contributed by atoms with Crippen LogP contribution in [0.25, 0.3) is 0 Å². The van der Waals surface area contributed by atoms with Crippen molar-refractivity contribution in [3.8, 4) is 0 Å². The molecule has 4 rings (SSSR count). The number of ketones is 4. The quantitative estimate of drug-likeness (QED) is 0.111. The molecule has 0 saturated carbocycles. The maximum Gasteiger partial charge on any atom is 0.336 e. The zero-order chi connectivity index (χ0) is 45.6. The first-order valence-electron chi connectivity index (χ1n) is 20.0. The van der Waals surface area contributed by atoms with Crippen molar-refractivity contribution in [2.75, 3.05) is 6.61 Å². The number of alkyl halides is 3. The van der Waals surface area contributed by atoms with Crippen LogP contribution in [0.4, 0.5) is 0 Å². The fourth-order valence-electron chi connectivity index (χ4n) is 5.44. The summed E-state index contributed by atoms with van der Waals surface area (Å²) >= 11 is 16.3. The Morgan fingerprint density at radius 3 is 1.18 bits per heavy atom. The highest BCUT2D eigenvalue weighted by Crippen LogP contribution is 2.27. The van der Waals surface area contributed by atoms with Crippen LogP contribution < -0.4 is 4.72 Å². The number of carbonyl (C=O) groups excluding carboxylic acids is 4. The summed E-state index contributed by atoms with van der Waals surface area (Å²) in [7, 11) is -4.05. The van der Waals surface area contributed by atoms with E-state index in [0.29, 0.717) is 30.7 Å². The molecule has 8 nitrogen and oxygen atoms in total. The lowest BCUT2D eigenvalue weighted by molar-refractivity contribution is -0.118. The third-order valence-electron chi connectivity index (χ3n) is 9.11. The lowest BCUT2D eigenvalue weighted by Gasteiger charge is -2.16. The molecule has 2 unspecified atom stereocenters. The van der Waals surface area contributed by atoms with Crippen LogP contribution in [0.1, 0.15) is 132 Å². The van der Waals surface area contributed by atoms with E-state index in [1.807, 2.05) is 43.3 Å². The molecule has 0 radical (unpaired) electrons. The van der Waals surface area contributed by atoms with Gasteiger partial charge in [0.15, 0.2) is 0 Å². The summed E-state index contributed by atoms with van der Waals surface area (Å²) in [5.41, 5.74) is 8.88. The van der Waals surface area contributed by atoms with Crippen molar-refractivity contribution in [2.24, 2.45) is 0 Å². The zero-order valence-corrected chi connectivity index (χ0v) is 39.7. The molecule has 0 aliphatic carbocycles. The largest absolute Gasteiger partial charge is 0.336 e. The van der Waals surface area contributed by atoms with Gasteiger partial charge in [-0.15, -0.1) is 0 Å². The van der Waals surface area contributed by atoms with Crippen LogP contribution in [-0.2, 0) is 65.8 Å². The summed E-state index contributed by atoms with van der Waals surface area (Å²) in [5.74, 6) is 1.32. The number of rotatable bonds is 16. The van der Waals surface area contributed by atoms with Crippen LogP contribution in [-0.4, -0.2) is 42.0 Å². The summed E-state index contributed by atoms with van der Waals surface area (Å²) in [6.45, 7) is 18.0. The van der Waals surface area contributed by atoms with E-state index in [1.165, 1.54) is 23.6 Å². The van der Waals surface area contributed by atoms with E-state index in [2.05, 4.69) is 73.0 Å². The second kappa shape index (κ2) is 27.3. The second-order valence-electron chi connectivity index (χ2n) is 15.0. The van der Waals surface area contributed by atoms with Crippen LogP contribution in [0.3, 0.4) is 0 Å². The zero-order valence-electron chi connectivity index (χ0n) is 36.6. The summed E-state index contributed by atoms with van der Waals surface area (Å²) in [4.78, 5) is 43.7. The number of nitrogens with one attached hydrogen (secondary N) is 1. The molecule has 0 aliphatic heterocycles. The molecule has 0 spiro atoms. The van der Waals surface area contributed by atoms with E-state index in [4.69, 9.17) is 34.8 Å². The Morgan fingerprint density at radius 1 is 0.550 bits per heavy atom. The van der Waals surface area contributed by atoms with Gasteiger partial charge in [-0.05, 0) is 97.9 Å². The molecule has 0 amide bonds. The molecule has 12 heteroatoms. The van der Waals surface area contributed by atoms with E-state index >= 15 is 0 Å². The number of halogens is 3. The van der Waals surface area contributed by atoms with Gasteiger partial charge in [-0.2, -0.15) is 13.1 Å². The van der Waals surface area contributed by atoms with Crippen molar-refractivity contribution in [3.05, 3.63) is 142 Å². The van der Waals surface area contributed by atoms with Crippen LogP contribution in [0, 0.1) is 0 Å². The number of Topliss-reactive ketones (excluding diaryl/α,β-unsaturated/α-hetero) is 4. The van der Waals surface area contributed by atoms with Gasteiger partial charge in [0.2, 0.25) is 3.79 Å². The van der Waals surface area contributed by atoms with Crippen LogP contribution >= 0.6 is 34.8 Å². The smallest absolute Gasteiger partial charge is 0.300 e. The van der Waals surface area contributed by atoms with Crippen molar-refractivity contribution in [2.45, 2.75) is 123 Å². The number of carbonyl (C=O) groups is 4. The van der Waals surface area contributed by atoms with Crippen LogP contribution in [0.5, 0.6) is 0 Å². The standard InChI is InChI=1S/C13H16Cl3NO4S.2C12H16O.C11H14O/c1-9(18)7-11-3-5-12(6-4-11)10(2)17-22(19,20)21-8-13(14,15)16;1-9(2)12-6-4-11(5-7-12)8-10(3)13;1-4-11-5-7-12(8-6-11)9(2)10(3)13;1-3-10-4-6-11(7-5-10)8-9(2)12/h3-6,10,17H,7-8H2,1-2H3;4-7,9H,8H2,1-3H3;5-9H,4H2,1-3H3;4-7H,3,8H2,1-2H3. The van der Waals surface area contributed by atoms with Crippen LogP contribution in [0.2, 0.25) is 0 Å². The normalized spacial score (nSPS) is 12.0. The Kier molecular flexibility index (Phi) is 24.7. The monoisotopic (exact) mass is 901 g/mol. The highest BCUT2D eigenvalue weighted by molar-refractivity contribution is 7.84. The number of benzene rings is 4. The lowest BCUT2D eigenvalue weighted by atomic mass is 9.96.